The highest BCUT2D eigenvalue weighted by Gasteiger charge is 2.74. The van der Waals surface area contributed by atoms with Gasteiger partial charge in [-0.15, -0.1) is 0 Å². The lowest BCUT2D eigenvalue weighted by atomic mass is 9.34. The zero-order chi connectivity index (χ0) is 48.9. The minimum Gasteiger partial charge on any atom is -0.394 e. The second-order valence-electron chi connectivity index (χ2n) is 23.0. The average molecular weight is 949 g/mol. The molecule has 0 aromatic heterocycles. The molecule has 0 spiro atoms. The van der Waals surface area contributed by atoms with Crippen LogP contribution in [-0.4, -0.2) is 202 Å². The standard InChI is InChI=1S/C47H80O19/c1-42(2,60)12-9-13-47(8,66-40-36(59)33(56)31(54)25(18-48)63-40)21-10-15-45(6)29(21)22(50)16-27-44(5)14-11-28(52)43(3,4)38(44)24(17-46(27,45)7)62-41-37(34(57)32(55)26(19-49)64-41)65-39-35(58)30(53)23(51)20-61-39/h9,12,21-41,48-60H,10-11,13-20H2,1-8H3. The Morgan fingerprint density at radius 1 is 0.667 bits per heavy atom. The Hall–Kier alpha value is -1.02. The van der Waals surface area contributed by atoms with Gasteiger partial charge >= 0.3 is 0 Å². The quantitative estimate of drug-likeness (QED) is 0.0787. The van der Waals surface area contributed by atoms with Crippen molar-refractivity contribution in [2.75, 3.05) is 19.8 Å². The van der Waals surface area contributed by atoms with Gasteiger partial charge in [0, 0.05) is 0 Å². The zero-order valence-electron chi connectivity index (χ0n) is 39.6. The Balaban J connectivity index is 1.27. The topological polar surface area (TPSA) is 318 Å². The first-order valence-electron chi connectivity index (χ1n) is 23.9. The number of aliphatic hydroxyl groups is 13. The second kappa shape index (κ2) is 18.9. The summed E-state index contributed by atoms with van der Waals surface area (Å²) in [5.74, 6) is -1.38. The summed E-state index contributed by atoms with van der Waals surface area (Å²) in [6.45, 7) is 13.9. The highest BCUT2D eigenvalue weighted by molar-refractivity contribution is 5.22. The molecule has 0 aromatic rings. The molecule has 3 saturated heterocycles. The average Bonchev–Trinajstić information content (AvgIpc) is 3.63. The fourth-order valence-corrected chi connectivity index (χ4v) is 14.5. The summed E-state index contributed by atoms with van der Waals surface area (Å²) in [5.41, 5.74) is -5.04. The number of hydrogen-bond acceptors (Lipinski definition) is 19. The van der Waals surface area contributed by atoms with Gasteiger partial charge in [-0.3, -0.25) is 0 Å². The first-order chi connectivity index (χ1) is 30.6. The van der Waals surface area contributed by atoms with E-state index in [-0.39, 0.29) is 12.3 Å². The third kappa shape index (κ3) is 8.89. The molecule has 19 heteroatoms. The Morgan fingerprint density at radius 3 is 1.89 bits per heavy atom. The van der Waals surface area contributed by atoms with E-state index >= 15 is 0 Å². The van der Waals surface area contributed by atoms with Crippen molar-refractivity contribution in [3.63, 3.8) is 0 Å². The van der Waals surface area contributed by atoms with Gasteiger partial charge in [-0.25, -0.2) is 0 Å². The van der Waals surface area contributed by atoms with Gasteiger partial charge in [0.1, 0.15) is 67.1 Å². The lowest BCUT2D eigenvalue weighted by Crippen LogP contribution is -2.71. The summed E-state index contributed by atoms with van der Waals surface area (Å²) in [4.78, 5) is 0. The van der Waals surface area contributed by atoms with Gasteiger partial charge in [0.05, 0.1) is 49.3 Å². The van der Waals surface area contributed by atoms with Crippen LogP contribution >= 0.6 is 0 Å². The molecule has 0 bridgehead atoms. The molecule has 4 saturated carbocycles. The van der Waals surface area contributed by atoms with Crippen LogP contribution in [0.2, 0.25) is 0 Å². The molecule has 0 aromatic carbocycles. The second-order valence-corrected chi connectivity index (χ2v) is 23.0. The van der Waals surface area contributed by atoms with E-state index in [1.54, 1.807) is 26.0 Å². The minimum absolute atomic E-state index is 0.125. The van der Waals surface area contributed by atoms with Crippen LogP contribution in [0.5, 0.6) is 0 Å². The van der Waals surface area contributed by atoms with Gasteiger partial charge in [0.2, 0.25) is 0 Å². The normalized spacial score (nSPS) is 52.9. The van der Waals surface area contributed by atoms with Gasteiger partial charge in [-0.05, 0) is 111 Å². The number of aliphatic hydroxyl groups excluding tert-OH is 12. The molecule has 3 heterocycles. The van der Waals surface area contributed by atoms with Gasteiger partial charge in [-0.1, -0.05) is 46.8 Å². The van der Waals surface area contributed by atoms with Gasteiger partial charge in [0.25, 0.3) is 0 Å². The Kier molecular flexibility index (Phi) is 15.1. The monoisotopic (exact) mass is 949 g/mol. The molecule has 19 nitrogen and oxygen atoms in total. The predicted octanol–water partition coefficient (Wildman–Crippen LogP) is -1.45. The fraction of sp³-hybridized carbons (Fsp3) is 0.957. The number of rotatable bonds is 12. The van der Waals surface area contributed by atoms with Crippen molar-refractivity contribution in [1.29, 1.82) is 0 Å². The van der Waals surface area contributed by atoms with Crippen LogP contribution in [0.25, 0.3) is 0 Å². The largest absolute Gasteiger partial charge is 0.394 e. The smallest absolute Gasteiger partial charge is 0.187 e. The molecule has 7 rings (SSSR count). The zero-order valence-corrected chi connectivity index (χ0v) is 39.6. The Bertz CT molecular complexity index is 1700. The third-order valence-electron chi connectivity index (χ3n) is 18.2. The maximum atomic E-state index is 12.7. The van der Waals surface area contributed by atoms with Crippen molar-refractivity contribution < 1.29 is 94.8 Å². The molecule has 0 radical (unpaired) electrons. The SMILES string of the molecule is CC(C)(O)C=CCC(C)(OC1OC(CO)C(O)C(O)C1O)C1CCC2(C)C1C(O)CC1C3(C)CCC(O)C(C)(C)C3C(OC3OC(CO)C(O)C(O)C3OC3OCC(O)C(O)C3O)CC12C. The summed E-state index contributed by atoms with van der Waals surface area (Å²) in [6.07, 6.45) is -17.6. The highest BCUT2D eigenvalue weighted by Crippen LogP contribution is 2.76. The Morgan fingerprint density at radius 2 is 1.27 bits per heavy atom. The van der Waals surface area contributed by atoms with E-state index in [2.05, 4.69) is 20.8 Å². The number of hydrogen-bond donors (Lipinski definition) is 13. The van der Waals surface area contributed by atoms with Crippen LogP contribution in [-0.2, 0) is 28.4 Å². The van der Waals surface area contributed by atoms with E-state index in [0.717, 1.165) is 0 Å². The lowest BCUT2D eigenvalue weighted by Gasteiger charge is -2.72. The van der Waals surface area contributed by atoms with E-state index in [4.69, 9.17) is 28.4 Å². The number of fused-ring (bicyclic) bond motifs is 5. The van der Waals surface area contributed by atoms with Crippen LogP contribution in [0.1, 0.15) is 100 Å². The van der Waals surface area contributed by atoms with Gasteiger partial charge < -0.3 is 94.8 Å². The summed E-state index contributed by atoms with van der Waals surface area (Å²) < 4.78 is 37.6. The lowest BCUT2D eigenvalue weighted by molar-refractivity contribution is -0.377. The summed E-state index contributed by atoms with van der Waals surface area (Å²) in [6, 6.07) is 0. The van der Waals surface area contributed by atoms with Gasteiger partial charge in [0.15, 0.2) is 18.9 Å². The molecule has 25 atom stereocenters. The van der Waals surface area contributed by atoms with Crippen molar-refractivity contribution in [3.05, 3.63) is 12.2 Å². The molecule has 382 valence electrons. The first kappa shape index (κ1) is 52.8. The van der Waals surface area contributed by atoms with E-state index in [1.165, 1.54) is 0 Å². The predicted molar refractivity (Wildman–Crippen MR) is 230 cm³/mol. The van der Waals surface area contributed by atoms with Crippen molar-refractivity contribution in [3.8, 4) is 0 Å². The number of ether oxygens (including phenoxy) is 6. The van der Waals surface area contributed by atoms with Crippen LogP contribution < -0.4 is 0 Å². The van der Waals surface area contributed by atoms with E-state index in [1.807, 2.05) is 20.8 Å². The van der Waals surface area contributed by atoms with Crippen LogP contribution in [0, 0.1) is 45.3 Å². The molecule has 66 heavy (non-hydrogen) atoms. The molecule has 13 N–H and O–H groups in total. The van der Waals surface area contributed by atoms with Crippen LogP contribution in [0.3, 0.4) is 0 Å². The van der Waals surface area contributed by atoms with Crippen LogP contribution in [0.4, 0.5) is 0 Å². The maximum Gasteiger partial charge on any atom is 0.187 e. The van der Waals surface area contributed by atoms with Gasteiger partial charge in [-0.2, -0.15) is 0 Å². The Labute approximate surface area is 387 Å². The molecule has 7 aliphatic rings. The third-order valence-corrected chi connectivity index (χ3v) is 18.2. The molecule has 7 fully saturated rings. The van der Waals surface area contributed by atoms with Crippen molar-refractivity contribution in [2.45, 2.75) is 216 Å². The molecule has 0 amide bonds. The highest BCUT2D eigenvalue weighted by atomic mass is 16.8. The molecule has 4 aliphatic carbocycles. The van der Waals surface area contributed by atoms with Crippen molar-refractivity contribution in [2.24, 2.45) is 45.3 Å². The van der Waals surface area contributed by atoms with E-state index in [0.29, 0.717) is 38.5 Å². The summed E-state index contributed by atoms with van der Waals surface area (Å²) >= 11 is 0. The first-order valence-corrected chi connectivity index (χ1v) is 23.9. The maximum absolute atomic E-state index is 12.7. The van der Waals surface area contributed by atoms with Crippen molar-refractivity contribution in [1.82, 2.24) is 0 Å². The minimum atomic E-state index is -1.75. The van der Waals surface area contributed by atoms with Crippen molar-refractivity contribution >= 4 is 0 Å². The summed E-state index contributed by atoms with van der Waals surface area (Å²) in [7, 11) is 0. The molecular formula is C47H80O19. The molecular weight excluding hydrogens is 868 g/mol. The fourth-order valence-electron chi connectivity index (χ4n) is 14.5. The molecule has 3 aliphatic heterocycles. The van der Waals surface area contributed by atoms with E-state index < -0.39 is 175 Å². The van der Waals surface area contributed by atoms with E-state index in [9.17, 15) is 66.4 Å². The van der Waals surface area contributed by atoms with Crippen LogP contribution in [0.15, 0.2) is 12.2 Å². The molecule has 25 unspecified atom stereocenters. The summed E-state index contributed by atoms with van der Waals surface area (Å²) in [5, 5.41) is 142.